The number of anilines is 1. The number of piperazine rings is 1. The number of fused-ring (bicyclic) bond motifs is 1. The largest absolute Gasteiger partial charge is 0.356 e. The molecule has 0 bridgehead atoms. The summed E-state index contributed by atoms with van der Waals surface area (Å²) < 4.78 is 0. The van der Waals surface area contributed by atoms with E-state index < -0.39 is 0 Å². The molecule has 0 saturated carbocycles. The quantitative estimate of drug-likeness (QED) is 0.602. The second kappa shape index (κ2) is 9.16. The molecule has 5 rings (SSSR count). The predicted octanol–water partition coefficient (Wildman–Crippen LogP) is 4.05. The van der Waals surface area contributed by atoms with Crippen molar-refractivity contribution in [3.05, 3.63) is 42.2 Å². The molecule has 2 aliphatic heterocycles. The first-order chi connectivity index (χ1) is 15.6. The monoisotopic (exact) mass is 449 g/mol. The number of aromatic nitrogens is 2. The summed E-state index contributed by atoms with van der Waals surface area (Å²) in [5.41, 5.74) is 1.21. The normalized spacial score (nSPS) is 18.4. The Morgan fingerprint density at radius 1 is 1.03 bits per heavy atom. The van der Waals surface area contributed by atoms with Gasteiger partial charge in [0.2, 0.25) is 5.91 Å². The second-order valence-electron chi connectivity index (χ2n) is 8.81. The fourth-order valence-corrected chi connectivity index (χ4v) is 5.95. The fourth-order valence-electron chi connectivity index (χ4n) is 4.88. The summed E-state index contributed by atoms with van der Waals surface area (Å²) in [5, 5.41) is 1.12. The van der Waals surface area contributed by atoms with E-state index in [9.17, 15) is 4.79 Å². The summed E-state index contributed by atoms with van der Waals surface area (Å²) in [6, 6.07) is 12.7. The number of carbonyl (C=O) groups is 1. The molecule has 0 atom stereocenters. The van der Waals surface area contributed by atoms with Crippen LogP contribution in [0.4, 0.5) is 5.82 Å². The van der Waals surface area contributed by atoms with Crippen molar-refractivity contribution in [1.82, 2.24) is 19.8 Å². The zero-order valence-corrected chi connectivity index (χ0v) is 19.8. The SMILES string of the molecule is CCN1CCN(C(=O)C2CCN(c3nc(C)nc4sc(-c5ccccc5)cc34)CC2)CC1. The van der Waals surface area contributed by atoms with Gasteiger partial charge in [-0.15, -0.1) is 11.3 Å². The topological polar surface area (TPSA) is 52.6 Å². The van der Waals surface area contributed by atoms with Crippen LogP contribution in [0.3, 0.4) is 0 Å². The number of carbonyl (C=O) groups excluding carboxylic acids is 1. The van der Waals surface area contributed by atoms with Gasteiger partial charge in [-0.25, -0.2) is 9.97 Å². The minimum atomic E-state index is 0.139. The fraction of sp³-hybridized carbons (Fsp3) is 0.480. The van der Waals surface area contributed by atoms with Crippen LogP contribution in [0.2, 0.25) is 0 Å². The molecule has 0 N–H and O–H groups in total. The lowest BCUT2D eigenvalue weighted by molar-refractivity contribution is -0.137. The van der Waals surface area contributed by atoms with Crippen molar-refractivity contribution in [3.8, 4) is 10.4 Å². The maximum absolute atomic E-state index is 13.1. The first-order valence-electron chi connectivity index (χ1n) is 11.7. The van der Waals surface area contributed by atoms with Crippen LogP contribution in [0.5, 0.6) is 0 Å². The molecule has 168 valence electrons. The number of rotatable bonds is 4. The maximum Gasteiger partial charge on any atom is 0.225 e. The van der Waals surface area contributed by atoms with Crippen molar-refractivity contribution in [2.75, 3.05) is 50.7 Å². The van der Waals surface area contributed by atoms with Crippen LogP contribution in [-0.2, 0) is 4.79 Å². The van der Waals surface area contributed by atoms with Crippen LogP contribution in [0.25, 0.3) is 20.7 Å². The van der Waals surface area contributed by atoms with Crippen molar-refractivity contribution in [2.45, 2.75) is 26.7 Å². The summed E-state index contributed by atoms with van der Waals surface area (Å²) >= 11 is 1.73. The summed E-state index contributed by atoms with van der Waals surface area (Å²) in [4.78, 5) is 31.7. The van der Waals surface area contributed by atoms with E-state index in [4.69, 9.17) is 9.97 Å². The third-order valence-corrected chi connectivity index (χ3v) is 7.90. The van der Waals surface area contributed by atoms with Crippen molar-refractivity contribution >= 4 is 33.3 Å². The first-order valence-corrected chi connectivity index (χ1v) is 12.5. The van der Waals surface area contributed by atoms with Gasteiger partial charge in [0.1, 0.15) is 16.5 Å². The van der Waals surface area contributed by atoms with Gasteiger partial charge in [0.05, 0.1) is 5.39 Å². The molecule has 3 aromatic rings. The van der Waals surface area contributed by atoms with E-state index in [1.807, 2.05) is 13.0 Å². The minimum absolute atomic E-state index is 0.139. The summed E-state index contributed by atoms with van der Waals surface area (Å²) in [7, 11) is 0. The predicted molar refractivity (Wildman–Crippen MR) is 131 cm³/mol. The van der Waals surface area contributed by atoms with Crippen LogP contribution >= 0.6 is 11.3 Å². The van der Waals surface area contributed by atoms with Crippen LogP contribution in [-0.4, -0.2) is 71.5 Å². The minimum Gasteiger partial charge on any atom is -0.356 e. The highest BCUT2D eigenvalue weighted by Gasteiger charge is 2.31. The molecule has 2 aromatic heterocycles. The van der Waals surface area contributed by atoms with Gasteiger partial charge in [0, 0.05) is 50.1 Å². The number of hydrogen-bond donors (Lipinski definition) is 0. The first kappa shape index (κ1) is 21.3. The van der Waals surface area contributed by atoms with E-state index in [2.05, 4.69) is 52.0 Å². The highest BCUT2D eigenvalue weighted by Crippen LogP contribution is 2.37. The Hall–Kier alpha value is -2.51. The molecule has 2 saturated heterocycles. The zero-order valence-electron chi connectivity index (χ0n) is 19.0. The molecule has 0 unspecified atom stereocenters. The Bertz CT molecular complexity index is 1080. The lowest BCUT2D eigenvalue weighted by Gasteiger charge is -2.38. The van der Waals surface area contributed by atoms with Crippen LogP contribution in [0, 0.1) is 12.8 Å². The summed E-state index contributed by atoms with van der Waals surface area (Å²) in [5.74, 6) is 2.32. The van der Waals surface area contributed by atoms with Gasteiger partial charge in [0.25, 0.3) is 0 Å². The van der Waals surface area contributed by atoms with E-state index in [1.165, 1.54) is 10.4 Å². The number of benzene rings is 1. The maximum atomic E-state index is 13.1. The summed E-state index contributed by atoms with van der Waals surface area (Å²) in [6.07, 6.45) is 1.79. The van der Waals surface area contributed by atoms with Crippen molar-refractivity contribution in [1.29, 1.82) is 0 Å². The lowest BCUT2D eigenvalue weighted by atomic mass is 9.94. The molecule has 0 radical (unpaired) electrons. The molecule has 32 heavy (non-hydrogen) atoms. The number of aryl methyl sites for hydroxylation is 1. The third kappa shape index (κ3) is 4.24. The number of likely N-dealkylation sites (N-methyl/N-ethyl adjacent to an activating group) is 1. The van der Waals surface area contributed by atoms with E-state index in [0.717, 1.165) is 80.5 Å². The molecule has 6 nitrogen and oxygen atoms in total. The van der Waals surface area contributed by atoms with Gasteiger partial charge < -0.3 is 14.7 Å². The Morgan fingerprint density at radius 2 is 1.75 bits per heavy atom. The van der Waals surface area contributed by atoms with Gasteiger partial charge in [-0.1, -0.05) is 37.3 Å². The molecule has 1 amide bonds. The number of piperidine rings is 1. The van der Waals surface area contributed by atoms with Gasteiger partial charge in [-0.05, 0) is 37.9 Å². The standard InChI is InChI=1S/C25H31N5OS/c1-3-28-13-15-30(16-14-28)25(31)20-9-11-29(12-10-20)23-21-17-22(19-7-5-4-6-8-19)32-24(21)27-18(2)26-23/h4-8,17,20H,3,9-16H2,1-2H3. The molecule has 2 aliphatic rings. The van der Waals surface area contributed by atoms with Crippen molar-refractivity contribution in [3.63, 3.8) is 0 Å². The Morgan fingerprint density at radius 3 is 2.44 bits per heavy atom. The molecule has 0 spiro atoms. The van der Waals surface area contributed by atoms with Crippen LogP contribution < -0.4 is 4.90 Å². The molecule has 0 aliphatic carbocycles. The van der Waals surface area contributed by atoms with Gasteiger partial charge in [-0.2, -0.15) is 0 Å². The highest BCUT2D eigenvalue weighted by atomic mass is 32.1. The van der Waals surface area contributed by atoms with Crippen LogP contribution in [0.15, 0.2) is 36.4 Å². The molecule has 7 heteroatoms. The average molecular weight is 450 g/mol. The smallest absolute Gasteiger partial charge is 0.225 e. The number of amides is 1. The zero-order chi connectivity index (χ0) is 22.1. The van der Waals surface area contributed by atoms with E-state index in [-0.39, 0.29) is 5.92 Å². The number of thiophene rings is 1. The Balaban J connectivity index is 1.31. The average Bonchev–Trinajstić information content (AvgIpc) is 3.28. The molecule has 4 heterocycles. The van der Waals surface area contributed by atoms with Gasteiger partial charge >= 0.3 is 0 Å². The Labute approximate surface area is 193 Å². The highest BCUT2D eigenvalue weighted by molar-refractivity contribution is 7.21. The molecular weight excluding hydrogens is 418 g/mol. The third-order valence-electron chi connectivity index (χ3n) is 6.82. The Kier molecular flexibility index (Phi) is 6.11. The number of hydrogen-bond acceptors (Lipinski definition) is 6. The van der Waals surface area contributed by atoms with Crippen LogP contribution in [0.1, 0.15) is 25.6 Å². The summed E-state index contributed by atoms with van der Waals surface area (Å²) in [6.45, 7) is 10.7. The molecular formula is C25H31N5OS. The van der Waals surface area contributed by atoms with E-state index in [0.29, 0.717) is 5.91 Å². The van der Waals surface area contributed by atoms with Crippen molar-refractivity contribution in [2.24, 2.45) is 5.92 Å². The van der Waals surface area contributed by atoms with E-state index >= 15 is 0 Å². The molecule has 2 fully saturated rings. The van der Waals surface area contributed by atoms with Crippen molar-refractivity contribution < 1.29 is 4.79 Å². The van der Waals surface area contributed by atoms with E-state index in [1.54, 1.807) is 11.3 Å². The number of nitrogens with zero attached hydrogens (tertiary/aromatic N) is 5. The van der Waals surface area contributed by atoms with Gasteiger partial charge in [-0.3, -0.25) is 4.79 Å². The van der Waals surface area contributed by atoms with Gasteiger partial charge in [0.15, 0.2) is 0 Å². The lowest BCUT2D eigenvalue weighted by Crippen LogP contribution is -2.51. The molecule has 1 aromatic carbocycles. The second-order valence-corrected chi connectivity index (χ2v) is 9.84.